The summed E-state index contributed by atoms with van der Waals surface area (Å²) in [5.74, 6) is 0.792. The molecule has 0 aliphatic rings. The Labute approximate surface area is 121 Å². The standard InChI is InChI=1S/C11H16IO5P/c1-14-18(13,15-2)17-9-10(12)8-16-11-6-4-3-5-7-11/h3-7,10H,8-9H2,1-2H3. The maximum atomic E-state index is 11.6. The lowest BCUT2D eigenvalue weighted by atomic mass is 10.3. The summed E-state index contributed by atoms with van der Waals surface area (Å²) in [4.78, 5) is 0. The van der Waals surface area contributed by atoms with Gasteiger partial charge in [-0.25, -0.2) is 4.57 Å². The van der Waals surface area contributed by atoms with Crippen molar-refractivity contribution in [1.29, 1.82) is 0 Å². The Balaban J connectivity index is 2.30. The lowest BCUT2D eigenvalue weighted by Crippen LogP contribution is -2.17. The molecule has 0 saturated heterocycles. The van der Waals surface area contributed by atoms with Crippen molar-refractivity contribution in [2.24, 2.45) is 0 Å². The average Bonchev–Trinajstić information content (AvgIpc) is 2.43. The zero-order chi connectivity index (χ0) is 13.4. The number of ether oxygens (including phenoxy) is 1. The summed E-state index contributed by atoms with van der Waals surface area (Å²) in [5, 5.41) is 0. The zero-order valence-electron chi connectivity index (χ0n) is 10.2. The molecule has 7 heteroatoms. The summed E-state index contributed by atoms with van der Waals surface area (Å²) in [6, 6.07) is 9.47. The topological polar surface area (TPSA) is 54.0 Å². The molecule has 0 aliphatic heterocycles. The first kappa shape index (κ1) is 15.9. The number of phosphoric ester groups is 1. The van der Waals surface area contributed by atoms with Crippen molar-refractivity contribution in [2.75, 3.05) is 27.4 Å². The van der Waals surface area contributed by atoms with E-state index in [-0.39, 0.29) is 10.5 Å². The van der Waals surface area contributed by atoms with Crippen LogP contribution in [0.15, 0.2) is 30.3 Å². The van der Waals surface area contributed by atoms with Crippen LogP contribution in [0.3, 0.4) is 0 Å². The minimum Gasteiger partial charge on any atom is -0.492 e. The average molecular weight is 386 g/mol. The van der Waals surface area contributed by atoms with Gasteiger partial charge in [0, 0.05) is 14.2 Å². The highest BCUT2D eigenvalue weighted by atomic mass is 127. The zero-order valence-corrected chi connectivity index (χ0v) is 13.3. The van der Waals surface area contributed by atoms with Crippen LogP contribution >= 0.6 is 30.4 Å². The predicted octanol–water partition coefficient (Wildman–Crippen LogP) is 3.29. The molecule has 0 spiro atoms. The van der Waals surface area contributed by atoms with Crippen molar-refractivity contribution < 1.29 is 22.9 Å². The second-order valence-corrected chi connectivity index (χ2v) is 6.97. The van der Waals surface area contributed by atoms with Crippen LogP contribution in [0, 0.1) is 0 Å². The van der Waals surface area contributed by atoms with Crippen molar-refractivity contribution in [1.82, 2.24) is 0 Å². The van der Waals surface area contributed by atoms with E-state index < -0.39 is 7.82 Å². The minimum atomic E-state index is -3.39. The van der Waals surface area contributed by atoms with Gasteiger partial charge in [0.1, 0.15) is 12.4 Å². The summed E-state index contributed by atoms with van der Waals surface area (Å²) >= 11 is 2.16. The third kappa shape index (κ3) is 5.67. The van der Waals surface area contributed by atoms with Crippen molar-refractivity contribution in [3.05, 3.63) is 30.3 Å². The maximum absolute atomic E-state index is 11.6. The number of hydrogen-bond donors (Lipinski definition) is 0. The van der Waals surface area contributed by atoms with Gasteiger partial charge in [-0.05, 0) is 12.1 Å². The molecule has 1 rings (SSSR count). The fraction of sp³-hybridized carbons (Fsp3) is 0.455. The van der Waals surface area contributed by atoms with E-state index >= 15 is 0 Å². The number of alkyl halides is 1. The molecule has 1 unspecified atom stereocenters. The van der Waals surface area contributed by atoms with Crippen LogP contribution in [0.1, 0.15) is 0 Å². The Morgan fingerprint density at radius 1 is 1.17 bits per heavy atom. The highest BCUT2D eigenvalue weighted by Gasteiger charge is 2.24. The highest BCUT2D eigenvalue weighted by molar-refractivity contribution is 14.1. The molecule has 0 fully saturated rings. The van der Waals surface area contributed by atoms with Crippen molar-refractivity contribution in [3.8, 4) is 5.75 Å². The molecule has 0 amide bonds. The van der Waals surface area contributed by atoms with E-state index in [1.807, 2.05) is 30.3 Å². The number of halogens is 1. The number of para-hydroxylation sites is 1. The van der Waals surface area contributed by atoms with Gasteiger partial charge in [0.05, 0.1) is 10.5 Å². The van der Waals surface area contributed by atoms with Gasteiger partial charge in [-0.2, -0.15) is 0 Å². The monoisotopic (exact) mass is 386 g/mol. The molecule has 0 radical (unpaired) electrons. The minimum absolute atomic E-state index is 0.0430. The van der Waals surface area contributed by atoms with Crippen LogP contribution in [0.2, 0.25) is 0 Å². The molecular formula is C11H16IO5P. The molecule has 0 bridgehead atoms. The van der Waals surface area contributed by atoms with Crippen LogP contribution < -0.4 is 4.74 Å². The number of hydrogen-bond acceptors (Lipinski definition) is 5. The summed E-state index contributed by atoms with van der Waals surface area (Å²) in [6.07, 6.45) is 0. The summed E-state index contributed by atoms with van der Waals surface area (Å²) < 4.78 is 31.6. The largest absolute Gasteiger partial charge is 0.492 e. The normalized spacial score (nSPS) is 13.3. The molecule has 1 atom stereocenters. The summed E-state index contributed by atoms with van der Waals surface area (Å²) in [6.45, 7) is 0.685. The van der Waals surface area contributed by atoms with Gasteiger partial charge in [-0.1, -0.05) is 40.8 Å². The van der Waals surface area contributed by atoms with E-state index in [2.05, 4.69) is 31.6 Å². The number of phosphoric acid groups is 1. The highest BCUT2D eigenvalue weighted by Crippen LogP contribution is 2.47. The number of rotatable bonds is 8. The first-order valence-corrected chi connectivity index (χ1v) is 7.98. The third-order valence-electron chi connectivity index (χ3n) is 2.03. The van der Waals surface area contributed by atoms with E-state index in [0.717, 1.165) is 5.75 Å². The van der Waals surface area contributed by atoms with E-state index in [1.54, 1.807) is 0 Å². The summed E-state index contributed by atoms with van der Waals surface area (Å²) in [7, 11) is -0.822. The molecule has 18 heavy (non-hydrogen) atoms. The fourth-order valence-corrected chi connectivity index (χ4v) is 2.47. The Kier molecular flexibility index (Phi) is 7.18. The molecule has 102 valence electrons. The second kappa shape index (κ2) is 8.12. The first-order valence-electron chi connectivity index (χ1n) is 5.27. The lowest BCUT2D eigenvalue weighted by molar-refractivity contribution is 0.147. The molecule has 1 aromatic carbocycles. The van der Waals surface area contributed by atoms with Gasteiger partial charge in [0.25, 0.3) is 0 Å². The molecule has 1 aromatic rings. The Bertz CT molecular complexity index is 378. The van der Waals surface area contributed by atoms with Crippen LogP contribution in [0.4, 0.5) is 0 Å². The van der Waals surface area contributed by atoms with Crippen molar-refractivity contribution in [3.63, 3.8) is 0 Å². The van der Waals surface area contributed by atoms with Gasteiger partial charge in [0.2, 0.25) is 0 Å². The Morgan fingerprint density at radius 2 is 1.78 bits per heavy atom. The predicted molar refractivity (Wildman–Crippen MR) is 77.3 cm³/mol. The van der Waals surface area contributed by atoms with Gasteiger partial charge in [0.15, 0.2) is 0 Å². The smallest absolute Gasteiger partial charge is 0.474 e. The third-order valence-corrected chi connectivity index (χ3v) is 4.11. The van der Waals surface area contributed by atoms with Crippen molar-refractivity contribution >= 4 is 30.4 Å². The summed E-state index contributed by atoms with van der Waals surface area (Å²) in [5.41, 5.74) is 0. The van der Waals surface area contributed by atoms with Gasteiger partial charge in [-0.15, -0.1) is 0 Å². The van der Waals surface area contributed by atoms with E-state index in [4.69, 9.17) is 9.26 Å². The van der Waals surface area contributed by atoms with Crippen molar-refractivity contribution in [2.45, 2.75) is 3.92 Å². The van der Waals surface area contributed by atoms with Gasteiger partial charge >= 0.3 is 7.82 Å². The van der Waals surface area contributed by atoms with Crippen LogP contribution in [-0.2, 0) is 18.1 Å². The fourth-order valence-electron chi connectivity index (χ4n) is 1.10. The molecule has 0 aromatic heterocycles. The lowest BCUT2D eigenvalue weighted by Gasteiger charge is -2.16. The number of benzene rings is 1. The first-order chi connectivity index (χ1) is 8.59. The quantitative estimate of drug-likeness (QED) is 0.390. The van der Waals surface area contributed by atoms with Crippen LogP contribution in [0.5, 0.6) is 5.75 Å². The molecule has 0 N–H and O–H groups in total. The Morgan fingerprint density at radius 3 is 2.33 bits per heavy atom. The molecule has 0 saturated carbocycles. The second-order valence-electron chi connectivity index (χ2n) is 3.33. The molecule has 0 heterocycles. The van der Waals surface area contributed by atoms with Gasteiger partial charge < -0.3 is 4.74 Å². The molecule has 5 nitrogen and oxygen atoms in total. The van der Waals surface area contributed by atoms with Gasteiger partial charge in [-0.3, -0.25) is 13.6 Å². The SMILES string of the molecule is COP(=O)(OC)OCC(I)COc1ccccc1. The molecular weight excluding hydrogens is 370 g/mol. The van der Waals surface area contributed by atoms with E-state index in [0.29, 0.717) is 6.61 Å². The molecule has 0 aliphatic carbocycles. The van der Waals surface area contributed by atoms with E-state index in [1.165, 1.54) is 14.2 Å². The van der Waals surface area contributed by atoms with E-state index in [9.17, 15) is 4.57 Å². The van der Waals surface area contributed by atoms with Crippen LogP contribution in [0.25, 0.3) is 0 Å². The Hall–Kier alpha value is -0.140. The van der Waals surface area contributed by atoms with Crippen LogP contribution in [-0.4, -0.2) is 31.4 Å². The maximum Gasteiger partial charge on any atom is 0.474 e.